The van der Waals surface area contributed by atoms with Crippen LogP contribution in [0.3, 0.4) is 0 Å². The van der Waals surface area contributed by atoms with E-state index < -0.39 is 0 Å². The van der Waals surface area contributed by atoms with E-state index in [4.69, 9.17) is 4.74 Å². The first-order valence-electron chi connectivity index (χ1n) is 6.69. The molecule has 2 aromatic rings. The summed E-state index contributed by atoms with van der Waals surface area (Å²) in [5, 5.41) is 2.68. The van der Waals surface area contributed by atoms with Crippen LogP contribution in [0.15, 0.2) is 54.6 Å². The standard InChI is InChI=1S/C17H17NO3/c1-13(19)18-16-9-7-15(8-10-16)12-21-17(20)11-14-5-3-2-4-6-14/h2-10H,11-12H2,1H3,(H,18,19). The number of anilines is 1. The van der Waals surface area contributed by atoms with Crippen LogP contribution in [0.4, 0.5) is 5.69 Å². The van der Waals surface area contributed by atoms with E-state index in [2.05, 4.69) is 5.32 Å². The maximum Gasteiger partial charge on any atom is 0.310 e. The van der Waals surface area contributed by atoms with E-state index >= 15 is 0 Å². The number of ether oxygens (including phenoxy) is 1. The van der Waals surface area contributed by atoms with Crippen molar-refractivity contribution in [1.82, 2.24) is 0 Å². The highest BCUT2D eigenvalue weighted by molar-refractivity contribution is 5.88. The number of benzene rings is 2. The summed E-state index contributed by atoms with van der Waals surface area (Å²) in [4.78, 5) is 22.6. The predicted molar refractivity (Wildman–Crippen MR) is 80.7 cm³/mol. The fraction of sp³-hybridized carbons (Fsp3) is 0.176. The lowest BCUT2D eigenvalue weighted by molar-refractivity contribution is -0.144. The Morgan fingerprint density at radius 2 is 1.62 bits per heavy atom. The van der Waals surface area contributed by atoms with Gasteiger partial charge in [-0.3, -0.25) is 9.59 Å². The zero-order valence-electron chi connectivity index (χ0n) is 11.8. The number of hydrogen-bond acceptors (Lipinski definition) is 3. The van der Waals surface area contributed by atoms with Gasteiger partial charge in [-0.15, -0.1) is 0 Å². The van der Waals surface area contributed by atoms with E-state index in [1.165, 1.54) is 6.92 Å². The number of carbonyl (C=O) groups excluding carboxylic acids is 2. The molecule has 0 aliphatic heterocycles. The summed E-state index contributed by atoms with van der Waals surface area (Å²) in [6.45, 7) is 1.69. The van der Waals surface area contributed by atoms with E-state index in [-0.39, 0.29) is 24.9 Å². The molecule has 2 aromatic carbocycles. The van der Waals surface area contributed by atoms with E-state index in [9.17, 15) is 9.59 Å². The summed E-state index contributed by atoms with van der Waals surface area (Å²) in [6.07, 6.45) is 0.269. The SMILES string of the molecule is CC(=O)Nc1ccc(COC(=O)Cc2ccccc2)cc1. The Morgan fingerprint density at radius 1 is 0.952 bits per heavy atom. The highest BCUT2D eigenvalue weighted by Crippen LogP contribution is 2.11. The van der Waals surface area contributed by atoms with Crippen LogP contribution in [-0.2, 0) is 27.4 Å². The van der Waals surface area contributed by atoms with E-state index in [1.54, 1.807) is 12.1 Å². The summed E-state index contributed by atoms with van der Waals surface area (Å²) >= 11 is 0. The van der Waals surface area contributed by atoms with Gasteiger partial charge in [0.15, 0.2) is 0 Å². The molecule has 0 heterocycles. The monoisotopic (exact) mass is 283 g/mol. The largest absolute Gasteiger partial charge is 0.461 e. The van der Waals surface area contributed by atoms with Crippen LogP contribution < -0.4 is 5.32 Å². The molecule has 0 fully saturated rings. The first-order valence-corrected chi connectivity index (χ1v) is 6.69. The zero-order chi connectivity index (χ0) is 15.1. The molecule has 0 saturated carbocycles. The molecule has 0 atom stereocenters. The van der Waals surface area contributed by atoms with Gasteiger partial charge in [-0.25, -0.2) is 0 Å². The molecule has 4 heteroatoms. The van der Waals surface area contributed by atoms with Gasteiger partial charge >= 0.3 is 5.97 Å². The molecule has 2 rings (SSSR count). The van der Waals surface area contributed by atoms with Gasteiger partial charge in [0, 0.05) is 12.6 Å². The Bertz CT molecular complexity index is 606. The Hall–Kier alpha value is -2.62. The highest BCUT2D eigenvalue weighted by Gasteiger charge is 2.05. The Kier molecular flexibility index (Phi) is 5.10. The molecule has 108 valence electrons. The second kappa shape index (κ2) is 7.24. The smallest absolute Gasteiger partial charge is 0.310 e. The van der Waals surface area contributed by atoms with Gasteiger partial charge in [0.25, 0.3) is 0 Å². The third-order valence-corrected chi connectivity index (χ3v) is 2.87. The number of amides is 1. The number of nitrogens with one attached hydrogen (secondary N) is 1. The number of hydrogen-bond donors (Lipinski definition) is 1. The van der Waals surface area contributed by atoms with Crippen molar-refractivity contribution in [3.63, 3.8) is 0 Å². The van der Waals surface area contributed by atoms with Crippen molar-refractivity contribution in [1.29, 1.82) is 0 Å². The molecule has 0 saturated heterocycles. The van der Waals surface area contributed by atoms with Crippen LogP contribution in [0.25, 0.3) is 0 Å². The van der Waals surface area contributed by atoms with Crippen molar-refractivity contribution >= 4 is 17.6 Å². The fourth-order valence-electron chi connectivity index (χ4n) is 1.86. The average Bonchev–Trinajstić information content (AvgIpc) is 2.47. The topological polar surface area (TPSA) is 55.4 Å². The van der Waals surface area contributed by atoms with Crippen LogP contribution in [0, 0.1) is 0 Å². The van der Waals surface area contributed by atoms with Gasteiger partial charge in [0.1, 0.15) is 6.61 Å². The average molecular weight is 283 g/mol. The summed E-state index contributed by atoms with van der Waals surface area (Å²) in [7, 11) is 0. The molecule has 0 aliphatic rings. The third-order valence-electron chi connectivity index (χ3n) is 2.87. The minimum atomic E-state index is -0.257. The molecular formula is C17H17NO3. The van der Waals surface area contributed by atoms with Gasteiger partial charge in [-0.05, 0) is 23.3 Å². The van der Waals surface area contributed by atoms with Crippen LogP contribution in [0.5, 0.6) is 0 Å². The first-order chi connectivity index (χ1) is 10.1. The summed E-state index contributed by atoms with van der Waals surface area (Å²) in [6, 6.07) is 16.7. The van der Waals surface area contributed by atoms with Gasteiger partial charge in [0.2, 0.25) is 5.91 Å². The van der Waals surface area contributed by atoms with Crippen molar-refractivity contribution in [2.75, 3.05) is 5.32 Å². The van der Waals surface area contributed by atoms with E-state index in [0.717, 1.165) is 16.8 Å². The normalized spacial score (nSPS) is 9.95. The molecule has 0 aliphatic carbocycles. The van der Waals surface area contributed by atoms with Crippen molar-refractivity contribution in [3.8, 4) is 0 Å². The maximum absolute atomic E-state index is 11.7. The van der Waals surface area contributed by atoms with Crippen LogP contribution in [0.2, 0.25) is 0 Å². The minimum absolute atomic E-state index is 0.114. The molecule has 21 heavy (non-hydrogen) atoms. The molecular weight excluding hydrogens is 266 g/mol. The fourth-order valence-corrected chi connectivity index (χ4v) is 1.86. The van der Waals surface area contributed by atoms with Crippen LogP contribution in [-0.4, -0.2) is 11.9 Å². The Balaban J connectivity index is 1.82. The van der Waals surface area contributed by atoms with Gasteiger partial charge in [-0.2, -0.15) is 0 Å². The molecule has 0 spiro atoms. The lowest BCUT2D eigenvalue weighted by Crippen LogP contribution is -2.08. The lowest BCUT2D eigenvalue weighted by Gasteiger charge is -2.06. The molecule has 1 N–H and O–H groups in total. The number of carbonyl (C=O) groups is 2. The van der Waals surface area contributed by atoms with Gasteiger partial charge in [-0.1, -0.05) is 42.5 Å². The molecule has 0 unspecified atom stereocenters. The highest BCUT2D eigenvalue weighted by atomic mass is 16.5. The van der Waals surface area contributed by atoms with Crippen molar-refractivity contribution in [3.05, 3.63) is 65.7 Å². The van der Waals surface area contributed by atoms with Crippen molar-refractivity contribution in [2.24, 2.45) is 0 Å². The Labute approximate surface area is 123 Å². The first kappa shape index (κ1) is 14.8. The van der Waals surface area contributed by atoms with Crippen molar-refractivity contribution < 1.29 is 14.3 Å². The zero-order valence-corrected chi connectivity index (χ0v) is 11.8. The summed E-state index contributed by atoms with van der Waals surface area (Å²) < 4.78 is 5.23. The number of rotatable bonds is 5. The quantitative estimate of drug-likeness (QED) is 0.858. The maximum atomic E-state index is 11.7. The van der Waals surface area contributed by atoms with Gasteiger partial charge in [0.05, 0.1) is 6.42 Å². The second-order valence-corrected chi connectivity index (χ2v) is 4.70. The molecule has 0 radical (unpaired) electrons. The molecule has 0 aromatic heterocycles. The van der Waals surface area contributed by atoms with E-state index in [1.807, 2.05) is 42.5 Å². The second-order valence-electron chi connectivity index (χ2n) is 4.70. The van der Waals surface area contributed by atoms with Crippen LogP contribution in [0.1, 0.15) is 18.1 Å². The Morgan fingerprint density at radius 3 is 2.24 bits per heavy atom. The van der Waals surface area contributed by atoms with Crippen LogP contribution >= 0.6 is 0 Å². The summed E-state index contributed by atoms with van der Waals surface area (Å²) in [5.74, 6) is -0.371. The van der Waals surface area contributed by atoms with Crippen molar-refractivity contribution in [2.45, 2.75) is 20.0 Å². The number of esters is 1. The minimum Gasteiger partial charge on any atom is -0.461 e. The molecule has 1 amide bonds. The third kappa shape index (κ3) is 5.10. The van der Waals surface area contributed by atoms with E-state index in [0.29, 0.717) is 0 Å². The molecule has 4 nitrogen and oxygen atoms in total. The summed E-state index contributed by atoms with van der Waals surface area (Å²) in [5.41, 5.74) is 2.54. The molecule has 0 bridgehead atoms. The van der Waals surface area contributed by atoms with Gasteiger partial charge < -0.3 is 10.1 Å². The predicted octanol–water partition coefficient (Wildman–Crippen LogP) is 2.93. The lowest BCUT2D eigenvalue weighted by atomic mass is 10.1.